The molecule has 6 nitrogen and oxygen atoms in total. The Morgan fingerprint density at radius 1 is 1.47 bits per heavy atom. The third kappa shape index (κ3) is 3.28. The van der Waals surface area contributed by atoms with E-state index in [0.29, 0.717) is 12.4 Å². The Morgan fingerprint density at radius 2 is 2.07 bits per heavy atom. The van der Waals surface area contributed by atoms with Gasteiger partial charge in [0.2, 0.25) is 5.89 Å². The van der Waals surface area contributed by atoms with Gasteiger partial charge in [-0.25, -0.2) is 8.42 Å². The zero-order valence-corrected chi connectivity index (χ0v) is 9.84. The van der Waals surface area contributed by atoms with Crippen molar-refractivity contribution in [3.8, 4) is 0 Å². The summed E-state index contributed by atoms with van der Waals surface area (Å²) in [4.78, 5) is 4.00. The van der Waals surface area contributed by atoms with E-state index in [9.17, 15) is 8.42 Å². The lowest BCUT2D eigenvalue weighted by Crippen LogP contribution is -2.28. The van der Waals surface area contributed by atoms with Gasteiger partial charge in [-0.05, 0) is 13.8 Å². The second-order valence-electron chi connectivity index (χ2n) is 4.17. The first kappa shape index (κ1) is 12.1. The van der Waals surface area contributed by atoms with Crippen LogP contribution in [0.1, 0.15) is 25.6 Å². The van der Waals surface area contributed by atoms with Crippen LogP contribution in [0, 0.1) is 0 Å². The van der Waals surface area contributed by atoms with Crippen molar-refractivity contribution in [3.63, 3.8) is 0 Å². The Balaban J connectivity index is 2.91. The first-order valence-electron chi connectivity index (χ1n) is 4.45. The fourth-order valence-corrected chi connectivity index (χ4v) is 1.50. The molecule has 1 rings (SSSR count). The van der Waals surface area contributed by atoms with Gasteiger partial charge in [-0.3, -0.25) is 0 Å². The summed E-state index contributed by atoms with van der Waals surface area (Å²) in [6, 6.07) is 0. The van der Waals surface area contributed by atoms with E-state index in [0.717, 1.165) is 6.26 Å². The van der Waals surface area contributed by atoms with Crippen molar-refractivity contribution >= 4 is 9.84 Å². The second kappa shape index (κ2) is 3.90. The molecule has 86 valence electrons. The molecule has 0 aliphatic heterocycles. The number of hydrogen-bond donors (Lipinski definition) is 1. The van der Waals surface area contributed by atoms with Gasteiger partial charge in [0.1, 0.15) is 5.75 Å². The molecule has 0 atom stereocenters. The number of sulfone groups is 1. The summed E-state index contributed by atoms with van der Waals surface area (Å²) in [5.41, 5.74) is 5.10. The highest BCUT2D eigenvalue weighted by Gasteiger charge is 2.26. The molecule has 0 aromatic carbocycles. The normalized spacial score (nSPS) is 13.1. The van der Waals surface area contributed by atoms with Gasteiger partial charge in [-0.15, -0.1) is 0 Å². The van der Waals surface area contributed by atoms with E-state index < -0.39 is 15.3 Å². The van der Waals surface area contributed by atoms with E-state index in [1.165, 1.54) is 0 Å². The molecule has 1 aromatic rings. The molecular formula is C8H15N3O3S. The van der Waals surface area contributed by atoms with Crippen molar-refractivity contribution in [1.82, 2.24) is 10.1 Å². The molecule has 0 amide bonds. The molecule has 2 N–H and O–H groups in total. The van der Waals surface area contributed by atoms with Crippen LogP contribution in [-0.2, 0) is 21.0 Å². The predicted octanol–water partition coefficient (Wildman–Crippen LogP) is -0.149. The summed E-state index contributed by atoms with van der Waals surface area (Å²) in [5, 5.41) is 3.59. The van der Waals surface area contributed by atoms with E-state index in [-0.39, 0.29) is 11.6 Å². The molecule has 0 aliphatic rings. The van der Waals surface area contributed by atoms with Crippen LogP contribution >= 0.6 is 0 Å². The molecule has 0 spiro atoms. The Morgan fingerprint density at radius 3 is 2.53 bits per heavy atom. The van der Waals surface area contributed by atoms with Crippen LogP contribution in [0.25, 0.3) is 0 Å². The molecule has 0 saturated carbocycles. The fraction of sp³-hybridized carbons (Fsp3) is 0.750. The fourth-order valence-electron chi connectivity index (χ4n) is 0.909. The molecule has 1 aromatic heterocycles. The Kier molecular flexibility index (Phi) is 3.15. The van der Waals surface area contributed by atoms with Crippen molar-refractivity contribution in [2.75, 3.05) is 12.8 Å². The average molecular weight is 233 g/mol. The minimum Gasteiger partial charge on any atom is -0.339 e. The first-order chi connectivity index (χ1) is 6.74. The van der Waals surface area contributed by atoms with Gasteiger partial charge in [0.05, 0.1) is 5.41 Å². The average Bonchev–Trinajstić information content (AvgIpc) is 2.50. The van der Waals surface area contributed by atoms with E-state index in [1.54, 1.807) is 0 Å². The topological polar surface area (TPSA) is 99.1 Å². The van der Waals surface area contributed by atoms with Crippen molar-refractivity contribution < 1.29 is 12.9 Å². The number of hydrogen-bond acceptors (Lipinski definition) is 6. The lowest BCUT2D eigenvalue weighted by atomic mass is 9.94. The summed E-state index contributed by atoms with van der Waals surface area (Å²) in [6.45, 7) is 4.06. The number of nitrogens with two attached hydrogens (primary N) is 1. The molecule has 7 heteroatoms. The van der Waals surface area contributed by atoms with Gasteiger partial charge >= 0.3 is 0 Å². The van der Waals surface area contributed by atoms with Gasteiger partial charge in [0, 0.05) is 12.8 Å². The van der Waals surface area contributed by atoms with E-state index in [4.69, 9.17) is 10.3 Å². The monoisotopic (exact) mass is 233 g/mol. The van der Waals surface area contributed by atoms with Crippen LogP contribution in [0.3, 0.4) is 0 Å². The molecule has 1 heterocycles. The van der Waals surface area contributed by atoms with E-state index in [1.807, 2.05) is 13.8 Å². The molecule has 0 bridgehead atoms. The second-order valence-corrected chi connectivity index (χ2v) is 6.31. The van der Waals surface area contributed by atoms with Crippen molar-refractivity contribution in [3.05, 3.63) is 11.7 Å². The zero-order chi connectivity index (χ0) is 11.7. The van der Waals surface area contributed by atoms with Crippen LogP contribution in [0.4, 0.5) is 0 Å². The summed E-state index contributed by atoms with van der Waals surface area (Å²) in [6.07, 6.45) is 1.12. The van der Waals surface area contributed by atoms with Crippen molar-refractivity contribution in [2.45, 2.75) is 25.0 Å². The van der Waals surface area contributed by atoms with Gasteiger partial charge in [-0.1, -0.05) is 5.16 Å². The van der Waals surface area contributed by atoms with Gasteiger partial charge in [0.15, 0.2) is 15.7 Å². The third-order valence-corrected chi connectivity index (χ3v) is 2.73. The highest BCUT2D eigenvalue weighted by Crippen LogP contribution is 2.19. The molecule has 0 radical (unpaired) electrons. The SMILES string of the molecule is CC(C)(CN)c1nc(CS(C)(=O)=O)no1. The van der Waals surface area contributed by atoms with E-state index >= 15 is 0 Å². The lowest BCUT2D eigenvalue weighted by molar-refractivity contribution is 0.309. The van der Waals surface area contributed by atoms with Gasteiger partial charge in [0.25, 0.3) is 0 Å². The largest absolute Gasteiger partial charge is 0.339 e. The summed E-state index contributed by atoms with van der Waals surface area (Å²) in [7, 11) is -3.13. The van der Waals surface area contributed by atoms with Crippen LogP contribution in [0.15, 0.2) is 4.52 Å². The molecule has 0 fully saturated rings. The third-order valence-electron chi connectivity index (χ3n) is 1.95. The summed E-state index contributed by atoms with van der Waals surface area (Å²) >= 11 is 0. The van der Waals surface area contributed by atoms with Crippen LogP contribution < -0.4 is 5.73 Å². The zero-order valence-electron chi connectivity index (χ0n) is 9.02. The molecule has 15 heavy (non-hydrogen) atoms. The van der Waals surface area contributed by atoms with Crippen LogP contribution in [0.2, 0.25) is 0 Å². The Bertz CT molecular complexity index is 436. The summed E-state index contributed by atoms with van der Waals surface area (Å²) < 4.78 is 26.9. The van der Waals surface area contributed by atoms with Gasteiger partial charge < -0.3 is 10.3 Å². The number of aromatic nitrogens is 2. The van der Waals surface area contributed by atoms with Crippen molar-refractivity contribution in [2.24, 2.45) is 5.73 Å². The maximum absolute atomic E-state index is 11.0. The Labute approximate surface area is 88.8 Å². The maximum atomic E-state index is 11.0. The minimum atomic E-state index is -3.13. The van der Waals surface area contributed by atoms with Crippen molar-refractivity contribution in [1.29, 1.82) is 0 Å². The summed E-state index contributed by atoms with van der Waals surface area (Å²) in [5.74, 6) is 0.328. The highest BCUT2D eigenvalue weighted by molar-refractivity contribution is 7.89. The highest BCUT2D eigenvalue weighted by atomic mass is 32.2. The van der Waals surface area contributed by atoms with Crippen LogP contribution in [0.5, 0.6) is 0 Å². The number of rotatable bonds is 4. The maximum Gasteiger partial charge on any atom is 0.233 e. The van der Waals surface area contributed by atoms with Gasteiger partial charge in [-0.2, -0.15) is 4.98 Å². The van der Waals surface area contributed by atoms with E-state index in [2.05, 4.69) is 10.1 Å². The predicted molar refractivity (Wildman–Crippen MR) is 54.9 cm³/mol. The quantitative estimate of drug-likeness (QED) is 0.776. The number of nitrogens with zero attached hydrogens (tertiary/aromatic N) is 2. The minimum absolute atomic E-state index is 0.175. The molecular weight excluding hydrogens is 218 g/mol. The molecule has 0 aliphatic carbocycles. The standard InChI is InChI=1S/C8H15N3O3S/c1-8(2,5-9)7-10-6(11-14-7)4-15(3,12)13/h4-5,9H2,1-3H3. The first-order valence-corrected chi connectivity index (χ1v) is 6.51. The van der Waals surface area contributed by atoms with Crippen LogP contribution in [-0.4, -0.2) is 31.4 Å². The molecule has 0 saturated heterocycles. The lowest BCUT2D eigenvalue weighted by Gasteiger charge is -2.15. The Hall–Kier alpha value is -0.950. The molecule has 0 unspecified atom stereocenters. The smallest absolute Gasteiger partial charge is 0.233 e.